The Morgan fingerprint density at radius 2 is 1.85 bits per heavy atom. The summed E-state index contributed by atoms with van der Waals surface area (Å²) >= 11 is 0. The van der Waals surface area contributed by atoms with E-state index in [0.717, 1.165) is 51.6 Å². The van der Waals surface area contributed by atoms with Crippen LogP contribution >= 0.6 is 0 Å². The Hall–Kier alpha value is -0.170. The first-order valence-corrected chi connectivity index (χ1v) is 9.46. The van der Waals surface area contributed by atoms with E-state index in [2.05, 4.69) is 12.2 Å². The van der Waals surface area contributed by atoms with Crippen molar-refractivity contribution in [3.05, 3.63) is 0 Å². The number of nitrogens with one attached hydrogen (secondary N) is 1. The molecule has 2 atom stereocenters. The van der Waals surface area contributed by atoms with Gasteiger partial charge in [-0.1, -0.05) is 13.3 Å². The van der Waals surface area contributed by atoms with Gasteiger partial charge in [-0.15, -0.1) is 0 Å². The van der Waals surface area contributed by atoms with Crippen LogP contribution in [0.25, 0.3) is 0 Å². The Kier molecular flexibility index (Phi) is 5.84. The summed E-state index contributed by atoms with van der Waals surface area (Å²) < 4.78 is 29.2. The van der Waals surface area contributed by atoms with Gasteiger partial charge >= 0.3 is 0 Å². The molecule has 20 heavy (non-hydrogen) atoms. The lowest BCUT2D eigenvalue weighted by molar-refractivity contribution is 0.225. The number of hydrogen-bond acceptors (Lipinski definition) is 3. The second-order valence-electron chi connectivity index (χ2n) is 6.07. The van der Waals surface area contributed by atoms with Crippen molar-refractivity contribution >= 4 is 10.2 Å². The zero-order valence-electron chi connectivity index (χ0n) is 12.8. The smallest absolute Gasteiger partial charge is 0.282 e. The number of piperidine rings is 1. The van der Waals surface area contributed by atoms with Crippen molar-refractivity contribution in [3.63, 3.8) is 0 Å². The molecule has 0 spiro atoms. The minimum absolute atomic E-state index is 0.132. The Morgan fingerprint density at radius 3 is 2.50 bits per heavy atom. The number of nitrogens with zero attached hydrogens (tertiary/aromatic N) is 2. The molecule has 2 saturated heterocycles. The van der Waals surface area contributed by atoms with E-state index in [1.807, 2.05) is 6.92 Å². The number of rotatable bonds is 6. The summed E-state index contributed by atoms with van der Waals surface area (Å²) in [6.07, 6.45) is 6.19. The minimum atomic E-state index is -3.27. The van der Waals surface area contributed by atoms with Gasteiger partial charge in [-0.25, -0.2) is 0 Å². The van der Waals surface area contributed by atoms with Gasteiger partial charge in [-0.05, 0) is 45.6 Å². The molecule has 2 aliphatic rings. The quantitative estimate of drug-likeness (QED) is 0.758. The van der Waals surface area contributed by atoms with Gasteiger partial charge in [-0.3, -0.25) is 0 Å². The molecule has 0 saturated carbocycles. The Bertz CT molecular complexity index is 399. The second kappa shape index (κ2) is 7.20. The first kappa shape index (κ1) is 16.2. The van der Waals surface area contributed by atoms with E-state index in [1.165, 1.54) is 0 Å². The summed E-state index contributed by atoms with van der Waals surface area (Å²) in [6, 6.07) is 0.291. The van der Waals surface area contributed by atoms with Crippen LogP contribution in [-0.2, 0) is 10.2 Å². The molecular formula is C14H29N3O2S. The van der Waals surface area contributed by atoms with Crippen LogP contribution in [0.1, 0.15) is 52.4 Å². The highest BCUT2D eigenvalue weighted by molar-refractivity contribution is 7.86. The number of hydrogen-bond donors (Lipinski definition) is 1. The summed E-state index contributed by atoms with van der Waals surface area (Å²) in [5.74, 6) is 0. The largest absolute Gasteiger partial charge is 0.315 e. The molecule has 1 N–H and O–H groups in total. The molecule has 0 radical (unpaired) electrons. The van der Waals surface area contributed by atoms with E-state index in [1.54, 1.807) is 8.61 Å². The van der Waals surface area contributed by atoms with Crippen LogP contribution in [0.2, 0.25) is 0 Å². The summed E-state index contributed by atoms with van der Waals surface area (Å²) in [4.78, 5) is 0. The highest BCUT2D eigenvalue weighted by Crippen LogP contribution is 2.27. The minimum Gasteiger partial charge on any atom is -0.315 e. The molecule has 0 bridgehead atoms. The van der Waals surface area contributed by atoms with Crippen molar-refractivity contribution in [3.8, 4) is 0 Å². The van der Waals surface area contributed by atoms with E-state index in [9.17, 15) is 8.42 Å². The maximum atomic E-state index is 12.9. The third-order valence-corrected chi connectivity index (χ3v) is 6.67. The summed E-state index contributed by atoms with van der Waals surface area (Å²) in [7, 11) is -3.27. The van der Waals surface area contributed by atoms with Crippen molar-refractivity contribution in [2.45, 2.75) is 64.5 Å². The van der Waals surface area contributed by atoms with Crippen molar-refractivity contribution in [2.75, 3.05) is 26.2 Å². The topological polar surface area (TPSA) is 52.7 Å². The highest BCUT2D eigenvalue weighted by Gasteiger charge is 2.39. The molecule has 2 unspecified atom stereocenters. The first-order valence-electron chi connectivity index (χ1n) is 8.06. The molecule has 6 heteroatoms. The molecule has 118 valence electrons. The molecule has 5 nitrogen and oxygen atoms in total. The lowest BCUT2D eigenvalue weighted by atomic mass is 10.1. The van der Waals surface area contributed by atoms with Crippen molar-refractivity contribution in [1.29, 1.82) is 0 Å². The van der Waals surface area contributed by atoms with Gasteiger partial charge in [0.15, 0.2) is 0 Å². The third kappa shape index (κ3) is 3.53. The van der Waals surface area contributed by atoms with E-state index in [4.69, 9.17) is 0 Å². The lowest BCUT2D eigenvalue weighted by Crippen LogP contribution is -2.54. The SMILES string of the molecule is CCCNCC1CCCCN1S(=O)(=O)N1CCCC1C. The monoisotopic (exact) mass is 303 g/mol. The average Bonchev–Trinajstić information content (AvgIpc) is 2.86. The normalized spacial score (nSPS) is 29.9. The predicted octanol–water partition coefficient (Wildman–Crippen LogP) is 1.57. The third-order valence-electron chi connectivity index (χ3n) is 4.46. The van der Waals surface area contributed by atoms with Crippen molar-refractivity contribution in [2.24, 2.45) is 0 Å². The van der Waals surface area contributed by atoms with Gasteiger partial charge in [0.1, 0.15) is 0 Å². The molecule has 0 amide bonds. The Balaban J connectivity index is 2.06. The summed E-state index contributed by atoms with van der Waals surface area (Å²) in [6.45, 7) is 7.28. The van der Waals surface area contributed by atoms with Gasteiger partial charge in [0, 0.05) is 31.7 Å². The Labute approximate surface area is 123 Å². The van der Waals surface area contributed by atoms with Crippen LogP contribution in [-0.4, -0.2) is 55.3 Å². The lowest BCUT2D eigenvalue weighted by Gasteiger charge is -2.38. The van der Waals surface area contributed by atoms with Crippen molar-refractivity contribution in [1.82, 2.24) is 13.9 Å². The average molecular weight is 303 g/mol. The van der Waals surface area contributed by atoms with Gasteiger partial charge in [0.2, 0.25) is 0 Å². The second-order valence-corrected chi connectivity index (χ2v) is 7.91. The summed E-state index contributed by atoms with van der Waals surface area (Å²) in [5.41, 5.74) is 0. The van der Waals surface area contributed by atoms with Crippen LogP contribution in [0.15, 0.2) is 0 Å². The van der Waals surface area contributed by atoms with Crippen molar-refractivity contribution < 1.29 is 8.42 Å². The molecule has 0 aromatic heterocycles. The highest BCUT2D eigenvalue weighted by atomic mass is 32.2. The van der Waals surface area contributed by atoms with E-state index in [-0.39, 0.29) is 12.1 Å². The zero-order valence-corrected chi connectivity index (χ0v) is 13.7. The van der Waals surface area contributed by atoms with E-state index in [0.29, 0.717) is 13.1 Å². The molecule has 0 aliphatic carbocycles. The molecule has 2 aliphatic heterocycles. The fourth-order valence-corrected chi connectivity index (χ4v) is 5.42. The summed E-state index contributed by atoms with van der Waals surface area (Å²) in [5, 5.41) is 3.38. The molecular weight excluding hydrogens is 274 g/mol. The Morgan fingerprint density at radius 1 is 1.10 bits per heavy atom. The van der Waals surface area contributed by atoms with Crippen LogP contribution < -0.4 is 5.32 Å². The molecule has 2 rings (SSSR count). The molecule has 0 aromatic carbocycles. The standard InChI is InChI=1S/C14H29N3O2S/c1-3-9-15-12-14-8-4-5-10-17(14)20(18,19)16-11-6-7-13(16)2/h13-15H,3-12H2,1-2H3. The predicted molar refractivity (Wildman–Crippen MR) is 81.8 cm³/mol. The zero-order chi connectivity index (χ0) is 14.6. The van der Waals surface area contributed by atoms with Crippen LogP contribution in [0, 0.1) is 0 Å². The maximum absolute atomic E-state index is 12.9. The van der Waals surface area contributed by atoms with Crippen LogP contribution in [0.3, 0.4) is 0 Å². The van der Waals surface area contributed by atoms with Gasteiger partial charge < -0.3 is 5.32 Å². The first-order chi connectivity index (χ1) is 9.57. The van der Waals surface area contributed by atoms with Crippen LogP contribution in [0.4, 0.5) is 0 Å². The van der Waals surface area contributed by atoms with Gasteiger partial charge in [0.25, 0.3) is 10.2 Å². The van der Waals surface area contributed by atoms with Gasteiger partial charge in [0.05, 0.1) is 0 Å². The van der Waals surface area contributed by atoms with E-state index < -0.39 is 10.2 Å². The molecule has 2 fully saturated rings. The van der Waals surface area contributed by atoms with E-state index >= 15 is 0 Å². The van der Waals surface area contributed by atoms with Crippen LogP contribution in [0.5, 0.6) is 0 Å². The fraction of sp³-hybridized carbons (Fsp3) is 1.00. The fourth-order valence-electron chi connectivity index (χ4n) is 3.31. The van der Waals surface area contributed by atoms with Gasteiger partial charge in [-0.2, -0.15) is 17.0 Å². The molecule has 2 heterocycles. The maximum Gasteiger partial charge on any atom is 0.282 e. The molecule has 0 aromatic rings.